The zero-order valence-electron chi connectivity index (χ0n) is 15.7. The summed E-state index contributed by atoms with van der Waals surface area (Å²) in [5.41, 5.74) is 2.04. The molecule has 0 unspecified atom stereocenters. The third-order valence-electron chi connectivity index (χ3n) is 4.22. The molecule has 3 rings (SSSR count). The highest BCUT2D eigenvalue weighted by atomic mass is 16.5. The minimum absolute atomic E-state index is 0.0429. The summed E-state index contributed by atoms with van der Waals surface area (Å²) >= 11 is 0. The first-order valence-corrected chi connectivity index (χ1v) is 9.01. The second kappa shape index (κ2) is 9.46. The number of amides is 1. The van der Waals surface area contributed by atoms with Gasteiger partial charge in [-0.2, -0.15) is 0 Å². The second-order valence-electron chi connectivity index (χ2n) is 6.45. The van der Waals surface area contributed by atoms with Gasteiger partial charge in [0.1, 0.15) is 23.9 Å². The van der Waals surface area contributed by atoms with Crippen LogP contribution in [0.3, 0.4) is 0 Å². The lowest BCUT2D eigenvalue weighted by atomic mass is 10.2. The number of benzene rings is 3. The molecule has 1 N–H and O–H groups in total. The Kier molecular flexibility index (Phi) is 6.52. The Morgan fingerprint density at radius 3 is 2.07 bits per heavy atom. The number of ether oxygens (including phenoxy) is 2. The van der Waals surface area contributed by atoms with Crippen LogP contribution in [0.15, 0.2) is 78.9 Å². The van der Waals surface area contributed by atoms with Crippen LogP contribution < -0.4 is 9.47 Å². The summed E-state index contributed by atoms with van der Waals surface area (Å²) < 4.78 is 11.3. The normalized spacial score (nSPS) is 10.3. The number of likely N-dealkylation sites (N-methyl/N-ethyl adjacent to an activating group) is 1. The number of hydrogen-bond donors (Lipinski definition) is 1. The van der Waals surface area contributed by atoms with E-state index in [-0.39, 0.29) is 18.3 Å². The maximum atomic E-state index is 12.2. The topological polar surface area (TPSA) is 59.0 Å². The van der Waals surface area contributed by atoms with Gasteiger partial charge in [0.25, 0.3) is 5.91 Å². The van der Waals surface area contributed by atoms with E-state index in [1.165, 1.54) is 0 Å². The van der Waals surface area contributed by atoms with E-state index >= 15 is 0 Å². The monoisotopic (exact) mass is 377 g/mol. The van der Waals surface area contributed by atoms with Crippen molar-refractivity contribution in [3.05, 3.63) is 90.0 Å². The minimum atomic E-state index is -0.127. The quantitative estimate of drug-likeness (QED) is 0.644. The van der Waals surface area contributed by atoms with Crippen molar-refractivity contribution < 1.29 is 19.4 Å². The van der Waals surface area contributed by atoms with Gasteiger partial charge in [0.15, 0.2) is 6.61 Å². The van der Waals surface area contributed by atoms with E-state index in [9.17, 15) is 9.90 Å². The lowest BCUT2D eigenvalue weighted by molar-refractivity contribution is -0.132. The van der Waals surface area contributed by atoms with Crippen molar-refractivity contribution in [2.24, 2.45) is 0 Å². The van der Waals surface area contributed by atoms with Gasteiger partial charge in [-0.25, -0.2) is 0 Å². The first-order valence-electron chi connectivity index (χ1n) is 9.01. The van der Waals surface area contributed by atoms with Gasteiger partial charge in [0.2, 0.25) is 0 Å². The molecule has 0 saturated carbocycles. The molecule has 0 aliphatic heterocycles. The molecule has 5 nitrogen and oxygen atoms in total. The van der Waals surface area contributed by atoms with Crippen LogP contribution in [0.5, 0.6) is 17.2 Å². The van der Waals surface area contributed by atoms with Crippen LogP contribution in [0.2, 0.25) is 0 Å². The van der Waals surface area contributed by atoms with Crippen molar-refractivity contribution >= 4 is 5.91 Å². The number of phenolic OH excluding ortho intramolecular Hbond substituents is 1. The Balaban J connectivity index is 1.44. The molecular weight excluding hydrogens is 354 g/mol. The lowest BCUT2D eigenvalue weighted by Gasteiger charge is -2.17. The average Bonchev–Trinajstić information content (AvgIpc) is 2.73. The minimum Gasteiger partial charge on any atom is -0.508 e. The summed E-state index contributed by atoms with van der Waals surface area (Å²) in [6.45, 7) is 0.912. The van der Waals surface area contributed by atoms with Crippen LogP contribution >= 0.6 is 0 Å². The highest BCUT2D eigenvalue weighted by Gasteiger charge is 2.10. The fraction of sp³-hybridized carbons (Fsp3) is 0.174. The molecule has 0 aromatic heterocycles. The zero-order valence-corrected chi connectivity index (χ0v) is 15.7. The first kappa shape index (κ1) is 19.3. The molecule has 3 aromatic rings. The van der Waals surface area contributed by atoms with E-state index in [1.807, 2.05) is 42.5 Å². The smallest absolute Gasteiger partial charge is 0.260 e. The first-order chi connectivity index (χ1) is 13.6. The molecule has 0 fully saturated rings. The average molecular weight is 377 g/mol. The Bertz CT molecular complexity index is 877. The van der Waals surface area contributed by atoms with Crippen molar-refractivity contribution in [2.45, 2.75) is 13.2 Å². The van der Waals surface area contributed by atoms with Crippen LogP contribution in [0.4, 0.5) is 0 Å². The van der Waals surface area contributed by atoms with E-state index in [4.69, 9.17) is 9.47 Å². The van der Waals surface area contributed by atoms with E-state index in [2.05, 4.69) is 0 Å². The Hall–Kier alpha value is -3.47. The molecule has 144 valence electrons. The van der Waals surface area contributed by atoms with Gasteiger partial charge >= 0.3 is 0 Å². The molecule has 28 heavy (non-hydrogen) atoms. The van der Waals surface area contributed by atoms with E-state index in [1.54, 1.807) is 48.3 Å². The molecular formula is C23H23NO4. The van der Waals surface area contributed by atoms with Crippen molar-refractivity contribution in [1.29, 1.82) is 0 Å². The van der Waals surface area contributed by atoms with Crippen molar-refractivity contribution in [2.75, 3.05) is 13.7 Å². The Morgan fingerprint density at radius 1 is 0.821 bits per heavy atom. The molecule has 0 bridgehead atoms. The predicted octanol–water partition coefficient (Wildman–Crippen LogP) is 4.01. The van der Waals surface area contributed by atoms with Gasteiger partial charge in [-0.3, -0.25) is 4.79 Å². The lowest BCUT2D eigenvalue weighted by Crippen LogP contribution is -2.30. The zero-order chi connectivity index (χ0) is 19.8. The van der Waals surface area contributed by atoms with Crippen molar-refractivity contribution in [3.8, 4) is 17.2 Å². The molecule has 0 atom stereocenters. The maximum absolute atomic E-state index is 12.2. The Labute approximate surface area is 164 Å². The predicted molar refractivity (Wildman–Crippen MR) is 107 cm³/mol. The van der Waals surface area contributed by atoms with Gasteiger partial charge in [0.05, 0.1) is 0 Å². The van der Waals surface area contributed by atoms with Crippen LogP contribution in [0, 0.1) is 0 Å². The Morgan fingerprint density at radius 2 is 1.43 bits per heavy atom. The SMILES string of the molecule is CN(Cc1ccc(O)cc1)C(=O)COc1ccc(OCc2ccccc2)cc1. The highest BCUT2D eigenvalue weighted by molar-refractivity contribution is 5.77. The molecule has 0 radical (unpaired) electrons. The summed E-state index contributed by atoms with van der Waals surface area (Å²) in [4.78, 5) is 13.8. The molecule has 1 amide bonds. The van der Waals surface area contributed by atoms with Gasteiger partial charge in [0, 0.05) is 13.6 Å². The molecule has 0 spiro atoms. The number of aromatic hydroxyl groups is 1. The third-order valence-corrected chi connectivity index (χ3v) is 4.22. The fourth-order valence-corrected chi connectivity index (χ4v) is 2.59. The number of carbonyl (C=O) groups is 1. The molecule has 0 saturated heterocycles. The highest BCUT2D eigenvalue weighted by Crippen LogP contribution is 2.19. The second-order valence-corrected chi connectivity index (χ2v) is 6.45. The summed E-state index contributed by atoms with van der Waals surface area (Å²) in [7, 11) is 1.72. The molecule has 0 aliphatic carbocycles. The van der Waals surface area contributed by atoms with Gasteiger partial charge in [-0.15, -0.1) is 0 Å². The van der Waals surface area contributed by atoms with Crippen LogP contribution in [0.1, 0.15) is 11.1 Å². The standard InChI is InChI=1S/C23H23NO4/c1-24(15-18-7-9-20(25)10-8-18)23(26)17-28-22-13-11-21(12-14-22)27-16-19-5-3-2-4-6-19/h2-14,25H,15-17H2,1H3. The third kappa shape index (κ3) is 5.77. The number of rotatable bonds is 8. The largest absolute Gasteiger partial charge is 0.508 e. The van der Waals surface area contributed by atoms with E-state index < -0.39 is 0 Å². The molecule has 5 heteroatoms. The van der Waals surface area contributed by atoms with Crippen LogP contribution in [-0.2, 0) is 17.9 Å². The number of nitrogens with zero attached hydrogens (tertiary/aromatic N) is 1. The summed E-state index contributed by atoms with van der Waals surface area (Å²) in [5.74, 6) is 1.43. The van der Waals surface area contributed by atoms with Gasteiger partial charge in [-0.05, 0) is 47.5 Å². The molecule has 3 aromatic carbocycles. The van der Waals surface area contributed by atoms with Crippen LogP contribution in [-0.4, -0.2) is 29.6 Å². The number of hydrogen-bond acceptors (Lipinski definition) is 4. The van der Waals surface area contributed by atoms with Crippen LogP contribution in [0.25, 0.3) is 0 Å². The van der Waals surface area contributed by atoms with E-state index in [0.29, 0.717) is 18.9 Å². The maximum Gasteiger partial charge on any atom is 0.260 e. The van der Waals surface area contributed by atoms with Crippen molar-refractivity contribution in [3.63, 3.8) is 0 Å². The summed E-state index contributed by atoms with van der Waals surface area (Å²) in [5, 5.41) is 9.31. The number of carbonyl (C=O) groups excluding carboxylic acids is 1. The molecule has 0 aliphatic rings. The fourth-order valence-electron chi connectivity index (χ4n) is 2.59. The summed E-state index contributed by atoms with van der Waals surface area (Å²) in [6, 6.07) is 23.9. The van der Waals surface area contributed by atoms with E-state index in [0.717, 1.165) is 16.9 Å². The number of phenols is 1. The van der Waals surface area contributed by atoms with Gasteiger partial charge < -0.3 is 19.5 Å². The summed E-state index contributed by atoms with van der Waals surface area (Å²) in [6.07, 6.45) is 0. The molecule has 0 heterocycles. The van der Waals surface area contributed by atoms with Crippen molar-refractivity contribution in [1.82, 2.24) is 4.90 Å². The van der Waals surface area contributed by atoms with Gasteiger partial charge in [-0.1, -0.05) is 42.5 Å².